The number of hydrogen-bond acceptors (Lipinski definition) is 5. The standard InChI is InChI=1S/C21H29N3O4.HI/c1-6-28-17-10-8-7-9-16(17)14-24-21(22-2)23-13-15-11-18(25-3)20(27-5)19(12-15)26-4;/h7-12H,6,13-14H2,1-5H3,(H2,22,23,24);1H. The van der Waals surface area contributed by atoms with Gasteiger partial charge < -0.3 is 29.6 Å². The van der Waals surface area contributed by atoms with Crippen molar-refractivity contribution in [3.63, 3.8) is 0 Å². The maximum absolute atomic E-state index is 5.67. The van der Waals surface area contributed by atoms with Gasteiger partial charge in [0.2, 0.25) is 5.75 Å². The van der Waals surface area contributed by atoms with Crippen molar-refractivity contribution in [2.24, 2.45) is 4.99 Å². The van der Waals surface area contributed by atoms with Gasteiger partial charge in [-0.05, 0) is 30.7 Å². The molecule has 7 nitrogen and oxygen atoms in total. The Morgan fingerprint density at radius 3 is 2.07 bits per heavy atom. The number of aliphatic imine (C=N–C) groups is 1. The number of nitrogens with one attached hydrogen (secondary N) is 2. The molecule has 0 spiro atoms. The summed E-state index contributed by atoms with van der Waals surface area (Å²) in [6.45, 7) is 3.75. The van der Waals surface area contributed by atoms with Crippen molar-refractivity contribution in [2.45, 2.75) is 20.0 Å². The van der Waals surface area contributed by atoms with Crippen LogP contribution in [0.15, 0.2) is 41.4 Å². The van der Waals surface area contributed by atoms with E-state index in [1.54, 1.807) is 28.4 Å². The highest BCUT2D eigenvalue weighted by Crippen LogP contribution is 2.38. The molecule has 0 unspecified atom stereocenters. The van der Waals surface area contributed by atoms with Crippen LogP contribution in [0, 0.1) is 0 Å². The fourth-order valence-electron chi connectivity index (χ4n) is 2.77. The molecule has 0 aliphatic rings. The van der Waals surface area contributed by atoms with E-state index < -0.39 is 0 Å². The summed E-state index contributed by atoms with van der Waals surface area (Å²) in [5.41, 5.74) is 2.05. The maximum Gasteiger partial charge on any atom is 0.203 e. The molecule has 2 aromatic rings. The minimum Gasteiger partial charge on any atom is -0.494 e. The van der Waals surface area contributed by atoms with Gasteiger partial charge in [-0.15, -0.1) is 24.0 Å². The summed E-state index contributed by atoms with van der Waals surface area (Å²) < 4.78 is 21.8. The first-order chi connectivity index (χ1) is 13.7. The third-order valence-electron chi connectivity index (χ3n) is 4.13. The van der Waals surface area contributed by atoms with Crippen molar-refractivity contribution in [3.05, 3.63) is 47.5 Å². The van der Waals surface area contributed by atoms with Gasteiger partial charge in [0.1, 0.15) is 5.75 Å². The molecule has 8 heteroatoms. The second kappa shape index (κ2) is 13.0. The zero-order valence-electron chi connectivity index (χ0n) is 17.6. The molecular weight excluding hydrogens is 485 g/mol. The van der Waals surface area contributed by atoms with Gasteiger partial charge in [0.15, 0.2) is 17.5 Å². The second-order valence-corrected chi connectivity index (χ2v) is 5.85. The van der Waals surface area contributed by atoms with Crippen molar-refractivity contribution in [1.29, 1.82) is 0 Å². The van der Waals surface area contributed by atoms with E-state index in [2.05, 4.69) is 15.6 Å². The number of para-hydroxylation sites is 1. The summed E-state index contributed by atoms with van der Waals surface area (Å²) in [6, 6.07) is 11.8. The van der Waals surface area contributed by atoms with Crippen molar-refractivity contribution in [2.75, 3.05) is 35.0 Å². The molecule has 29 heavy (non-hydrogen) atoms. The topological polar surface area (TPSA) is 73.3 Å². The van der Waals surface area contributed by atoms with Crippen LogP contribution >= 0.6 is 24.0 Å². The highest BCUT2D eigenvalue weighted by Gasteiger charge is 2.13. The number of guanidine groups is 1. The summed E-state index contributed by atoms with van der Waals surface area (Å²) >= 11 is 0. The average Bonchev–Trinajstić information content (AvgIpc) is 2.74. The minimum atomic E-state index is 0. The van der Waals surface area contributed by atoms with Gasteiger partial charge in [-0.2, -0.15) is 0 Å². The first kappa shape index (κ1) is 24.7. The largest absolute Gasteiger partial charge is 0.494 e. The van der Waals surface area contributed by atoms with E-state index in [9.17, 15) is 0 Å². The third-order valence-corrected chi connectivity index (χ3v) is 4.13. The van der Waals surface area contributed by atoms with Gasteiger partial charge >= 0.3 is 0 Å². The summed E-state index contributed by atoms with van der Waals surface area (Å²) in [7, 11) is 6.53. The van der Waals surface area contributed by atoms with Gasteiger partial charge in [-0.1, -0.05) is 18.2 Å². The van der Waals surface area contributed by atoms with Crippen LogP contribution in [0.25, 0.3) is 0 Å². The van der Waals surface area contributed by atoms with Gasteiger partial charge in [0.05, 0.1) is 27.9 Å². The van der Waals surface area contributed by atoms with Gasteiger partial charge in [0.25, 0.3) is 0 Å². The number of rotatable bonds is 9. The molecule has 0 saturated carbocycles. The Morgan fingerprint density at radius 1 is 0.897 bits per heavy atom. The fourth-order valence-corrected chi connectivity index (χ4v) is 2.77. The summed E-state index contributed by atoms with van der Waals surface area (Å²) in [6.07, 6.45) is 0. The number of methoxy groups -OCH3 is 3. The van der Waals surface area contributed by atoms with Crippen LogP contribution in [0.2, 0.25) is 0 Å². The number of benzene rings is 2. The Balaban J connectivity index is 0.00000420. The molecule has 0 radical (unpaired) electrons. The molecule has 2 N–H and O–H groups in total. The molecule has 0 aromatic heterocycles. The molecule has 2 aromatic carbocycles. The highest BCUT2D eigenvalue weighted by atomic mass is 127. The quantitative estimate of drug-likeness (QED) is 0.302. The molecule has 0 amide bonds. The summed E-state index contributed by atoms with van der Waals surface area (Å²) in [5.74, 6) is 3.36. The average molecular weight is 515 g/mol. The Morgan fingerprint density at radius 2 is 1.52 bits per heavy atom. The molecule has 0 bridgehead atoms. The van der Waals surface area contributed by atoms with E-state index in [-0.39, 0.29) is 24.0 Å². The van der Waals surface area contributed by atoms with Crippen LogP contribution in [0.3, 0.4) is 0 Å². The van der Waals surface area contributed by atoms with E-state index in [1.807, 2.05) is 43.3 Å². The van der Waals surface area contributed by atoms with Gasteiger partial charge in [0, 0.05) is 25.7 Å². The van der Waals surface area contributed by atoms with E-state index in [0.717, 1.165) is 16.9 Å². The van der Waals surface area contributed by atoms with Gasteiger partial charge in [-0.25, -0.2) is 0 Å². The highest BCUT2D eigenvalue weighted by molar-refractivity contribution is 14.0. The Labute approximate surface area is 189 Å². The van der Waals surface area contributed by atoms with Crippen LogP contribution in [-0.4, -0.2) is 40.9 Å². The predicted octanol–water partition coefficient (Wildman–Crippen LogP) is 3.59. The smallest absolute Gasteiger partial charge is 0.203 e. The molecule has 0 fully saturated rings. The first-order valence-electron chi connectivity index (χ1n) is 9.10. The normalized spacial score (nSPS) is 10.6. The van der Waals surface area contributed by atoms with E-state index in [0.29, 0.717) is 42.9 Å². The van der Waals surface area contributed by atoms with Crippen LogP contribution in [0.5, 0.6) is 23.0 Å². The molecule has 0 saturated heterocycles. The number of halogens is 1. The molecule has 0 atom stereocenters. The summed E-state index contributed by atoms with van der Waals surface area (Å²) in [5, 5.41) is 6.60. The van der Waals surface area contributed by atoms with Crippen molar-refractivity contribution < 1.29 is 18.9 Å². The van der Waals surface area contributed by atoms with Gasteiger partial charge in [-0.3, -0.25) is 4.99 Å². The Hall–Kier alpha value is -2.36. The zero-order chi connectivity index (χ0) is 20.4. The van der Waals surface area contributed by atoms with Crippen LogP contribution in [0.4, 0.5) is 0 Å². The van der Waals surface area contributed by atoms with Crippen molar-refractivity contribution in [3.8, 4) is 23.0 Å². The van der Waals surface area contributed by atoms with Crippen LogP contribution in [0.1, 0.15) is 18.1 Å². The van der Waals surface area contributed by atoms with Crippen molar-refractivity contribution >= 4 is 29.9 Å². The number of ether oxygens (including phenoxy) is 4. The van der Waals surface area contributed by atoms with E-state index >= 15 is 0 Å². The predicted molar refractivity (Wildman–Crippen MR) is 126 cm³/mol. The SMILES string of the molecule is CCOc1ccccc1CNC(=NC)NCc1cc(OC)c(OC)c(OC)c1.I. The van der Waals surface area contributed by atoms with E-state index in [1.165, 1.54) is 0 Å². The molecule has 160 valence electrons. The lowest BCUT2D eigenvalue weighted by atomic mass is 10.1. The molecule has 0 aliphatic carbocycles. The first-order valence-corrected chi connectivity index (χ1v) is 9.10. The zero-order valence-corrected chi connectivity index (χ0v) is 19.9. The number of hydrogen-bond donors (Lipinski definition) is 2. The lowest BCUT2D eigenvalue weighted by Crippen LogP contribution is -2.36. The number of nitrogens with zero attached hydrogens (tertiary/aromatic N) is 1. The minimum absolute atomic E-state index is 0. The second-order valence-electron chi connectivity index (χ2n) is 5.85. The van der Waals surface area contributed by atoms with Crippen LogP contribution in [-0.2, 0) is 13.1 Å². The molecule has 2 rings (SSSR count). The Kier molecular flexibility index (Phi) is 11.0. The third kappa shape index (κ3) is 6.88. The fraction of sp³-hybridized carbons (Fsp3) is 0.381. The van der Waals surface area contributed by atoms with E-state index in [4.69, 9.17) is 18.9 Å². The monoisotopic (exact) mass is 515 g/mol. The van der Waals surface area contributed by atoms with Crippen LogP contribution < -0.4 is 29.6 Å². The lowest BCUT2D eigenvalue weighted by molar-refractivity contribution is 0.323. The summed E-state index contributed by atoms with van der Waals surface area (Å²) in [4.78, 5) is 4.28. The Bertz CT molecular complexity index is 774. The molecular formula is C21H30IN3O4. The molecule has 0 aliphatic heterocycles. The van der Waals surface area contributed by atoms with Crippen molar-refractivity contribution in [1.82, 2.24) is 10.6 Å². The lowest BCUT2D eigenvalue weighted by Gasteiger charge is -2.16. The molecule has 0 heterocycles. The maximum atomic E-state index is 5.67.